The number of nitrogens with zero attached hydrogens (tertiary/aromatic N) is 5. The summed E-state index contributed by atoms with van der Waals surface area (Å²) >= 11 is 12.5. The number of halogens is 5. The predicted molar refractivity (Wildman–Crippen MR) is 290 cm³/mol. The summed E-state index contributed by atoms with van der Waals surface area (Å²) in [6.07, 6.45) is 0.965. The monoisotopic (exact) mass is 1070 g/mol. The van der Waals surface area contributed by atoms with Crippen molar-refractivity contribution in [3.63, 3.8) is 0 Å². The third kappa shape index (κ3) is 11.9. The number of aromatic nitrogens is 2. The van der Waals surface area contributed by atoms with Gasteiger partial charge in [0.1, 0.15) is 28.5 Å². The number of ether oxygens (including phenoxy) is 1. The summed E-state index contributed by atoms with van der Waals surface area (Å²) in [6, 6.07) is 30.5. The number of amides is 2. The first-order valence-corrected chi connectivity index (χ1v) is 24.8. The quantitative estimate of drug-likeness (QED) is 0.0504. The average Bonchev–Trinajstić information content (AvgIpc) is 3.69. The lowest BCUT2D eigenvalue weighted by atomic mass is 9.62. The van der Waals surface area contributed by atoms with Crippen molar-refractivity contribution in [1.29, 1.82) is 5.26 Å². The van der Waals surface area contributed by atoms with Gasteiger partial charge in [0.15, 0.2) is 5.82 Å². The van der Waals surface area contributed by atoms with Crippen LogP contribution in [0.25, 0.3) is 11.3 Å². The minimum Gasteiger partial charge on any atom is -0.507 e. The summed E-state index contributed by atoms with van der Waals surface area (Å²) in [5, 5.41) is 42.4. The molecule has 4 unspecified atom stereocenters. The molecule has 0 radical (unpaired) electrons. The van der Waals surface area contributed by atoms with Gasteiger partial charge in [-0.1, -0.05) is 86.4 Å². The summed E-state index contributed by atoms with van der Waals surface area (Å²) in [5.74, 6) is -3.17. The van der Waals surface area contributed by atoms with Crippen LogP contribution in [-0.4, -0.2) is 85.6 Å². The maximum atomic E-state index is 16.2. The Labute approximate surface area is 446 Å². The van der Waals surface area contributed by atoms with E-state index in [-0.39, 0.29) is 56.7 Å². The number of piperazine rings is 1. The fourth-order valence-corrected chi connectivity index (χ4v) is 10.3. The van der Waals surface area contributed by atoms with Crippen LogP contribution < -0.4 is 41.5 Å². The van der Waals surface area contributed by atoms with E-state index in [4.69, 9.17) is 33.7 Å². The van der Waals surface area contributed by atoms with Crippen LogP contribution in [0.15, 0.2) is 109 Å². The molecule has 8 rings (SSSR count). The highest BCUT2D eigenvalue weighted by molar-refractivity contribution is 6.31. The van der Waals surface area contributed by atoms with Gasteiger partial charge in [0.05, 0.1) is 41.3 Å². The number of carbonyl (C=O) groups is 2. The van der Waals surface area contributed by atoms with Gasteiger partial charge < -0.3 is 46.6 Å². The number of methoxy groups -OCH3 is 1. The number of nitrogens with two attached hydrogens (primary N) is 1. The first-order valence-electron chi connectivity index (χ1n) is 24.1. The highest BCUT2D eigenvalue weighted by Crippen LogP contribution is 2.53. The zero-order valence-corrected chi connectivity index (χ0v) is 43.7. The van der Waals surface area contributed by atoms with Gasteiger partial charge in [0.2, 0.25) is 5.91 Å². The standard InChI is InChI=1S/C55H58Cl2F2N10O4.ClH/c1-54(2,3)30-47-55(32-60,39-19-16-35(56)28-41(39)58)48(38-10-7-11-40(57)49(38)59)50(65-47)53(72)64-42-20-15-34(27-46(42)73-4)52(71)63-22-8-21-62-31-33-13-17-36(18-14-33)68-23-25-69(26-24-68)44-29-43(66-67-51(44)61)37-9-5-6-12-45(37)70;/h5-7,9-20,27-29,47-48,50,62,65,70H,8,21-26,30-31H2,1-4H3,(H2,61,67)(H,63,71)(H,64,72);1H. The normalized spacial score (nSPS) is 18.6. The molecule has 0 spiro atoms. The molecule has 3 heterocycles. The summed E-state index contributed by atoms with van der Waals surface area (Å²) < 4.78 is 37.9. The molecule has 14 nitrogen and oxygen atoms in total. The van der Waals surface area contributed by atoms with Crippen LogP contribution in [0.3, 0.4) is 0 Å². The van der Waals surface area contributed by atoms with E-state index < -0.39 is 46.4 Å². The number of carbonyl (C=O) groups excluding carboxylic acids is 2. The Bertz CT molecular complexity index is 3020. The first kappa shape index (κ1) is 55.0. The van der Waals surface area contributed by atoms with Crippen molar-refractivity contribution in [2.24, 2.45) is 5.41 Å². The van der Waals surface area contributed by atoms with Gasteiger partial charge >= 0.3 is 0 Å². The highest BCUT2D eigenvalue weighted by Gasteiger charge is 2.61. The molecular formula is C55H59Cl3F2N10O4. The molecule has 7 N–H and O–H groups in total. The van der Waals surface area contributed by atoms with Crippen molar-refractivity contribution in [3.8, 4) is 28.8 Å². The van der Waals surface area contributed by atoms with E-state index in [0.29, 0.717) is 55.1 Å². The van der Waals surface area contributed by atoms with Crippen LogP contribution in [0.2, 0.25) is 10.0 Å². The van der Waals surface area contributed by atoms with E-state index in [1.54, 1.807) is 24.3 Å². The highest BCUT2D eigenvalue weighted by atomic mass is 35.5. The van der Waals surface area contributed by atoms with Crippen LogP contribution in [0.4, 0.5) is 31.7 Å². The zero-order valence-electron chi connectivity index (χ0n) is 41.4. The number of aromatic hydroxyl groups is 1. The summed E-state index contributed by atoms with van der Waals surface area (Å²) in [7, 11) is 1.41. The van der Waals surface area contributed by atoms with E-state index in [2.05, 4.69) is 71.6 Å². The Morgan fingerprint density at radius 1 is 0.932 bits per heavy atom. The van der Waals surface area contributed by atoms with Gasteiger partial charge in [-0.15, -0.1) is 22.6 Å². The number of anilines is 4. The second-order valence-electron chi connectivity index (χ2n) is 19.5. The number of phenols is 1. The number of nitriles is 1. The smallest absolute Gasteiger partial charge is 0.251 e. The predicted octanol–water partition coefficient (Wildman–Crippen LogP) is 9.64. The van der Waals surface area contributed by atoms with E-state index in [1.165, 1.54) is 49.6 Å². The van der Waals surface area contributed by atoms with Crippen molar-refractivity contribution in [2.45, 2.75) is 63.6 Å². The molecule has 1 aromatic heterocycles. The Hall–Kier alpha value is -6.74. The Balaban J connectivity index is 0.00000800. The lowest BCUT2D eigenvalue weighted by molar-refractivity contribution is -0.118. The molecule has 2 aliphatic heterocycles. The van der Waals surface area contributed by atoms with E-state index in [0.717, 1.165) is 49.2 Å². The first-order chi connectivity index (χ1) is 35.0. The lowest BCUT2D eigenvalue weighted by Gasteiger charge is -2.37. The number of hydrogen-bond donors (Lipinski definition) is 6. The van der Waals surface area contributed by atoms with Gasteiger partial charge in [-0.3, -0.25) is 9.59 Å². The van der Waals surface area contributed by atoms with Crippen LogP contribution in [0.5, 0.6) is 11.5 Å². The molecule has 74 heavy (non-hydrogen) atoms. The van der Waals surface area contributed by atoms with E-state index in [1.807, 2.05) is 32.9 Å². The fourth-order valence-electron chi connectivity index (χ4n) is 9.95. The van der Waals surface area contributed by atoms with Gasteiger partial charge in [-0.05, 0) is 103 Å². The van der Waals surface area contributed by atoms with Crippen molar-refractivity contribution < 1.29 is 28.2 Å². The van der Waals surface area contributed by atoms with Crippen LogP contribution in [0, 0.1) is 28.4 Å². The molecule has 4 atom stereocenters. The van der Waals surface area contributed by atoms with Crippen LogP contribution in [0.1, 0.15) is 66.6 Å². The van der Waals surface area contributed by atoms with E-state index >= 15 is 8.78 Å². The fraction of sp³-hybridized carbons (Fsp3) is 0.327. The molecule has 2 aliphatic rings. The summed E-state index contributed by atoms with van der Waals surface area (Å²) in [6.45, 7) is 10.6. The van der Waals surface area contributed by atoms with Crippen molar-refractivity contribution in [2.75, 3.05) is 67.2 Å². The Morgan fingerprint density at radius 3 is 2.35 bits per heavy atom. The molecule has 5 aromatic carbocycles. The molecule has 2 saturated heterocycles. The maximum Gasteiger partial charge on any atom is 0.251 e. The molecule has 388 valence electrons. The van der Waals surface area contributed by atoms with Gasteiger partial charge in [-0.2, -0.15) is 5.26 Å². The summed E-state index contributed by atoms with van der Waals surface area (Å²) in [5.41, 5.74) is 8.68. The minimum absolute atomic E-state index is 0. The number of nitrogen functional groups attached to an aromatic ring is 1. The van der Waals surface area contributed by atoms with E-state index in [9.17, 15) is 20.0 Å². The molecule has 2 fully saturated rings. The second-order valence-corrected chi connectivity index (χ2v) is 20.4. The number of nitrogens with one attached hydrogen (secondary N) is 4. The average molecular weight is 1070 g/mol. The number of hydrogen-bond acceptors (Lipinski definition) is 12. The lowest BCUT2D eigenvalue weighted by Crippen LogP contribution is -2.46. The van der Waals surface area contributed by atoms with Crippen molar-refractivity contribution in [3.05, 3.63) is 153 Å². The molecular weight excluding hydrogens is 1010 g/mol. The number of benzene rings is 5. The molecule has 19 heteroatoms. The molecule has 0 aliphatic carbocycles. The molecule has 0 saturated carbocycles. The van der Waals surface area contributed by atoms with Crippen molar-refractivity contribution >= 4 is 70.3 Å². The minimum atomic E-state index is -1.80. The Kier molecular flexibility index (Phi) is 17.6. The SMILES string of the molecule is COc1cc(C(=O)NCCCNCc2ccc(N3CCN(c4cc(-c5ccccc5O)nnc4N)CC3)cc2)ccc1NC(=O)C1NC(CC(C)(C)C)C(C#N)(c2ccc(Cl)cc2F)C1c1cccc(Cl)c1F.Cl. The third-order valence-electron chi connectivity index (χ3n) is 13.5. The number of rotatable bonds is 16. The van der Waals surface area contributed by atoms with Gasteiger partial charge in [0.25, 0.3) is 5.91 Å². The largest absolute Gasteiger partial charge is 0.507 e. The topological polar surface area (TPSA) is 194 Å². The van der Waals surface area contributed by atoms with Crippen LogP contribution >= 0.6 is 35.6 Å². The Morgan fingerprint density at radius 2 is 1.66 bits per heavy atom. The number of para-hydroxylation sites is 1. The third-order valence-corrected chi connectivity index (χ3v) is 14.0. The molecule has 2 amide bonds. The van der Waals surface area contributed by atoms with Gasteiger partial charge in [-0.25, -0.2) is 8.78 Å². The number of phenolic OH excluding ortho intramolecular Hbond substituents is 1. The summed E-state index contributed by atoms with van der Waals surface area (Å²) in [4.78, 5) is 32.4. The van der Waals surface area contributed by atoms with Crippen molar-refractivity contribution in [1.82, 2.24) is 26.1 Å². The second kappa shape index (κ2) is 23.6. The molecule has 0 bridgehead atoms. The zero-order chi connectivity index (χ0) is 52.0. The van der Waals surface area contributed by atoms with Crippen LogP contribution in [-0.2, 0) is 16.8 Å². The van der Waals surface area contributed by atoms with Gasteiger partial charge in [0, 0.05) is 78.6 Å². The molecule has 6 aromatic rings. The maximum absolute atomic E-state index is 16.2.